The Balaban J connectivity index is 1.79. The molecule has 0 saturated heterocycles. The first kappa shape index (κ1) is 16.0. The molecule has 0 atom stereocenters. The van der Waals surface area contributed by atoms with Gasteiger partial charge in [-0.15, -0.1) is 0 Å². The lowest BCUT2D eigenvalue weighted by Crippen LogP contribution is -2.13. The molecule has 1 N–H and O–H groups in total. The van der Waals surface area contributed by atoms with Crippen molar-refractivity contribution in [2.75, 3.05) is 17.6 Å². The molecule has 0 unspecified atom stereocenters. The van der Waals surface area contributed by atoms with Crippen molar-refractivity contribution in [2.45, 2.75) is 12.2 Å². The highest BCUT2D eigenvalue weighted by Gasteiger charge is 2.11. The Labute approximate surface area is 130 Å². The van der Waals surface area contributed by atoms with Gasteiger partial charge in [0.25, 0.3) is 0 Å². The summed E-state index contributed by atoms with van der Waals surface area (Å²) in [6, 6.07) is 14.4. The highest BCUT2D eigenvalue weighted by molar-refractivity contribution is 7.90. The van der Waals surface area contributed by atoms with Gasteiger partial charge in [-0.05, 0) is 24.1 Å². The maximum Gasteiger partial charge on any atom is 0.154 e. The van der Waals surface area contributed by atoms with Crippen LogP contribution in [0.4, 0.5) is 5.82 Å². The van der Waals surface area contributed by atoms with Gasteiger partial charge < -0.3 is 5.32 Å². The lowest BCUT2D eigenvalue weighted by molar-refractivity contribution is 0.593. The number of nitriles is 1. The average Bonchev–Trinajstić information content (AvgIpc) is 2.52. The highest BCUT2D eigenvalue weighted by atomic mass is 32.2. The predicted octanol–water partition coefficient (Wildman–Crippen LogP) is 2.37. The first-order chi connectivity index (χ1) is 10.6. The van der Waals surface area contributed by atoms with Gasteiger partial charge in [0.2, 0.25) is 0 Å². The quantitative estimate of drug-likeness (QED) is 0.793. The minimum absolute atomic E-state index is 0.0655. The lowest BCUT2D eigenvalue weighted by Gasteiger charge is -2.07. The van der Waals surface area contributed by atoms with Crippen LogP contribution in [0.5, 0.6) is 0 Å². The Morgan fingerprint density at radius 3 is 2.68 bits per heavy atom. The second kappa shape index (κ2) is 7.57. The molecule has 0 fully saturated rings. The number of nitrogens with zero attached hydrogens (tertiary/aromatic N) is 2. The number of sulfone groups is 1. The van der Waals surface area contributed by atoms with Gasteiger partial charge in [-0.25, -0.2) is 13.4 Å². The van der Waals surface area contributed by atoms with Crippen LogP contribution in [-0.4, -0.2) is 25.7 Å². The summed E-state index contributed by atoms with van der Waals surface area (Å²) in [5.41, 5.74) is 1.33. The summed E-state index contributed by atoms with van der Waals surface area (Å²) in [4.78, 5) is 4.08. The third-order valence-electron chi connectivity index (χ3n) is 3.06. The summed E-state index contributed by atoms with van der Waals surface area (Å²) in [6.45, 7) is 0.496. The van der Waals surface area contributed by atoms with E-state index in [-0.39, 0.29) is 11.5 Å². The second-order valence-electron chi connectivity index (χ2n) is 4.90. The monoisotopic (exact) mass is 315 g/mol. The van der Waals surface area contributed by atoms with E-state index < -0.39 is 9.84 Å². The fraction of sp³-hybridized carbons (Fsp3) is 0.250. The van der Waals surface area contributed by atoms with Crippen LogP contribution in [0.2, 0.25) is 0 Å². The molecule has 0 radical (unpaired) electrons. The number of anilines is 1. The molecule has 0 saturated carbocycles. The summed E-state index contributed by atoms with van der Waals surface area (Å²) in [5, 5.41) is 11.8. The fourth-order valence-electron chi connectivity index (χ4n) is 2.01. The molecule has 0 aliphatic rings. The first-order valence-corrected chi connectivity index (χ1v) is 8.75. The molecule has 2 rings (SSSR count). The Hall–Kier alpha value is -2.39. The maximum atomic E-state index is 12.0. The number of hydrogen-bond acceptors (Lipinski definition) is 5. The Morgan fingerprint density at radius 2 is 1.95 bits per heavy atom. The highest BCUT2D eigenvalue weighted by Crippen LogP contribution is 2.08. The summed E-state index contributed by atoms with van der Waals surface area (Å²) in [7, 11) is -3.11. The van der Waals surface area contributed by atoms with E-state index in [2.05, 4.69) is 10.3 Å². The molecule has 0 amide bonds. The third kappa shape index (κ3) is 5.19. The van der Waals surface area contributed by atoms with Crippen molar-refractivity contribution in [1.82, 2.24) is 4.98 Å². The zero-order valence-electron chi connectivity index (χ0n) is 12.1. The average molecular weight is 315 g/mol. The van der Waals surface area contributed by atoms with E-state index in [4.69, 9.17) is 5.26 Å². The number of aromatic nitrogens is 1. The van der Waals surface area contributed by atoms with Crippen LogP contribution in [-0.2, 0) is 15.6 Å². The van der Waals surface area contributed by atoms with Crippen molar-refractivity contribution in [3.63, 3.8) is 0 Å². The molecule has 0 bridgehead atoms. The number of hydrogen-bond donors (Lipinski definition) is 1. The van der Waals surface area contributed by atoms with Crippen molar-refractivity contribution in [1.29, 1.82) is 5.26 Å². The standard InChI is InChI=1S/C16H17N3O2S/c17-12-15-7-9-19-16(11-15)18-8-4-10-22(20,21)13-14-5-2-1-3-6-14/h1-3,5-7,9,11H,4,8,10,13H2,(H,18,19). The largest absolute Gasteiger partial charge is 0.370 e. The molecular formula is C16H17N3O2S. The summed E-state index contributed by atoms with van der Waals surface area (Å²) >= 11 is 0. The van der Waals surface area contributed by atoms with Gasteiger partial charge >= 0.3 is 0 Å². The molecular weight excluding hydrogens is 298 g/mol. The summed E-state index contributed by atoms with van der Waals surface area (Å²) < 4.78 is 24.1. The van der Waals surface area contributed by atoms with Crippen LogP contribution < -0.4 is 5.32 Å². The SMILES string of the molecule is N#Cc1ccnc(NCCCS(=O)(=O)Cc2ccccc2)c1. The zero-order chi connectivity index (χ0) is 15.8. The van der Waals surface area contributed by atoms with Crippen molar-refractivity contribution >= 4 is 15.7 Å². The lowest BCUT2D eigenvalue weighted by atomic mass is 10.2. The predicted molar refractivity (Wildman–Crippen MR) is 86.0 cm³/mol. The van der Waals surface area contributed by atoms with Crippen LogP contribution in [0.25, 0.3) is 0 Å². The van der Waals surface area contributed by atoms with Crippen LogP contribution in [0, 0.1) is 11.3 Å². The zero-order valence-corrected chi connectivity index (χ0v) is 12.9. The molecule has 0 aliphatic carbocycles. The summed E-state index contributed by atoms with van der Waals surface area (Å²) in [5.74, 6) is 0.766. The van der Waals surface area contributed by atoms with Gasteiger partial charge in [0, 0.05) is 12.7 Å². The molecule has 6 heteroatoms. The second-order valence-corrected chi connectivity index (χ2v) is 7.08. The molecule has 0 spiro atoms. The van der Waals surface area contributed by atoms with Crippen molar-refractivity contribution in [3.05, 3.63) is 59.8 Å². The maximum absolute atomic E-state index is 12.0. The van der Waals surface area contributed by atoms with Crippen LogP contribution in [0.15, 0.2) is 48.7 Å². The molecule has 5 nitrogen and oxygen atoms in total. The van der Waals surface area contributed by atoms with Gasteiger partial charge in [-0.2, -0.15) is 5.26 Å². The van der Waals surface area contributed by atoms with Gasteiger partial charge in [0.15, 0.2) is 9.84 Å². The van der Waals surface area contributed by atoms with E-state index in [1.165, 1.54) is 0 Å². The smallest absolute Gasteiger partial charge is 0.154 e. The minimum atomic E-state index is -3.11. The number of benzene rings is 1. The molecule has 1 heterocycles. The van der Waals surface area contributed by atoms with Gasteiger partial charge in [0.1, 0.15) is 5.82 Å². The van der Waals surface area contributed by atoms with Gasteiger partial charge in [-0.1, -0.05) is 30.3 Å². The van der Waals surface area contributed by atoms with E-state index in [1.54, 1.807) is 18.3 Å². The molecule has 22 heavy (non-hydrogen) atoms. The number of rotatable bonds is 7. The summed E-state index contributed by atoms with van der Waals surface area (Å²) in [6.07, 6.45) is 2.04. The van der Waals surface area contributed by atoms with E-state index >= 15 is 0 Å². The fourth-order valence-corrected chi connectivity index (χ4v) is 3.43. The minimum Gasteiger partial charge on any atom is -0.370 e. The van der Waals surface area contributed by atoms with E-state index in [1.807, 2.05) is 36.4 Å². The normalized spacial score (nSPS) is 10.9. The molecule has 114 valence electrons. The van der Waals surface area contributed by atoms with Crippen molar-refractivity contribution < 1.29 is 8.42 Å². The van der Waals surface area contributed by atoms with E-state index in [0.717, 1.165) is 5.56 Å². The van der Waals surface area contributed by atoms with Gasteiger partial charge in [0.05, 0.1) is 23.1 Å². The first-order valence-electron chi connectivity index (χ1n) is 6.93. The van der Waals surface area contributed by atoms with Crippen molar-refractivity contribution in [2.24, 2.45) is 0 Å². The Morgan fingerprint density at radius 1 is 1.18 bits per heavy atom. The van der Waals surface area contributed by atoms with Crippen LogP contribution >= 0.6 is 0 Å². The topological polar surface area (TPSA) is 82.8 Å². The van der Waals surface area contributed by atoms with Gasteiger partial charge in [-0.3, -0.25) is 0 Å². The molecule has 1 aromatic carbocycles. The molecule has 0 aliphatic heterocycles. The Kier molecular flexibility index (Phi) is 5.50. The number of pyridine rings is 1. The van der Waals surface area contributed by atoms with E-state index in [9.17, 15) is 8.42 Å². The van der Waals surface area contributed by atoms with Crippen LogP contribution in [0.3, 0.4) is 0 Å². The number of nitrogens with one attached hydrogen (secondary N) is 1. The van der Waals surface area contributed by atoms with Crippen LogP contribution in [0.1, 0.15) is 17.5 Å². The Bertz CT molecular complexity index is 752. The van der Waals surface area contributed by atoms with Crippen molar-refractivity contribution in [3.8, 4) is 6.07 Å². The third-order valence-corrected chi connectivity index (χ3v) is 4.74. The molecule has 2 aromatic rings. The van der Waals surface area contributed by atoms with E-state index in [0.29, 0.717) is 24.3 Å². The molecule has 1 aromatic heterocycles.